The van der Waals surface area contributed by atoms with Crippen LogP contribution in [-0.4, -0.2) is 34.6 Å². The number of hydrogen-bond acceptors (Lipinski definition) is 2. The summed E-state index contributed by atoms with van der Waals surface area (Å²) in [6, 6.07) is 6.89. The zero-order chi connectivity index (χ0) is 13.1. The van der Waals surface area contributed by atoms with Gasteiger partial charge in [-0.2, -0.15) is 0 Å². The number of likely N-dealkylation sites (tertiary alicyclic amines) is 1. The third kappa shape index (κ3) is 2.85. The maximum Gasteiger partial charge on any atom is 0.254 e. The quantitative estimate of drug-likeness (QED) is 0.895. The first-order valence-electron chi connectivity index (χ1n) is 6.34. The van der Waals surface area contributed by atoms with Crippen molar-refractivity contribution < 1.29 is 9.90 Å². The lowest BCUT2D eigenvalue weighted by Crippen LogP contribution is -2.48. The van der Waals surface area contributed by atoms with Gasteiger partial charge in [-0.25, -0.2) is 0 Å². The topological polar surface area (TPSA) is 40.5 Å². The van der Waals surface area contributed by atoms with Crippen molar-refractivity contribution in [1.29, 1.82) is 0 Å². The van der Waals surface area contributed by atoms with Gasteiger partial charge in [0, 0.05) is 17.1 Å². The standard InChI is InChI=1S/C14H18ClNO2/c1-10(17)13-7-2-3-8-16(13)14(18)11-5-4-6-12(15)9-11/h4-6,9-10,13,17H,2-3,7-8H2,1H3. The normalized spacial score (nSPS) is 21.7. The first-order valence-corrected chi connectivity index (χ1v) is 6.72. The number of carbonyl (C=O) groups excluding carboxylic acids is 1. The van der Waals surface area contributed by atoms with E-state index in [-0.39, 0.29) is 11.9 Å². The molecule has 1 amide bonds. The molecule has 0 aromatic heterocycles. The van der Waals surface area contributed by atoms with Crippen LogP contribution in [0, 0.1) is 0 Å². The minimum atomic E-state index is -0.492. The molecular weight excluding hydrogens is 250 g/mol. The van der Waals surface area contributed by atoms with E-state index in [9.17, 15) is 9.90 Å². The predicted molar refractivity (Wildman–Crippen MR) is 71.8 cm³/mol. The molecule has 18 heavy (non-hydrogen) atoms. The van der Waals surface area contributed by atoms with Crippen LogP contribution in [0.5, 0.6) is 0 Å². The van der Waals surface area contributed by atoms with E-state index < -0.39 is 6.10 Å². The maximum atomic E-state index is 12.4. The van der Waals surface area contributed by atoms with Crippen LogP contribution >= 0.6 is 11.6 Å². The molecule has 1 aromatic carbocycles. The molecule has 0 saturated carbocycles. The summed E-state index contributed by atoms with van der Waals surface area (Å²) in [7, 11) is 0. The van der Waals surface area contributed by atoms with Crippen molar-refractivity contribution in [3.8, 4) is 0 Å². The van der Waals surface area contributed by atoms with Crippen LogP contribution in [0.3, 0.4) is 0 Å². The van der Waals surface area contributed by atoms with Gasteiger partial charge < -0.3 is 10.0 Å². The molecule has 1 fully saturated rings. The highest BCUT2D eigenvalue weighted by Gasteiger charge is 2.30. The molecule has 1 N–H and O–H groups in total. The Labute approximate surface area is 112 Å². The molecule has 1 aliphatic heterocycles. The van der Waals surface area contributed by atoms with E-state index in [1.165, 1.54) is 0 Å². The second-order valence-corrected chi connectivity index (χ2v) is 5.25. The lowest BCUT2D eigenvalue weighted by Gasteiger charge is -2.37. The summed E-state index contributed by atoms with van der Waals surface area (Å²) in [5, 5.41) is 10.3. The lowest BCUT2D eigenvalue weighted by molar-refractivity contribution is 0.0281. The van der Waals surface area contributed by atoms with E-state index in [0.717, 1.165) is 19.3 Å². The third-order valence-corrected chi connectivity index (χ3v) is 3.67. The van der Waals surface area contributed by atoms with Crippen molar-refractivity contribution >= 4 is 17.5 Å². The number of rotatable bonds is 2. The number of piperidine rings is 1. The van der Waals surface area contributed by atoms with Gasteiger partial charge in [0.1, 0.15) is 0 Å². The fraction of sp³-hybridized carbons (Fsp3) is 0.500. The molecule has 1 saturated heterocycles. The number of hydrogen-bond donors (Lipinski definition) is 1. The van der Waals surface area contributed by atoms with Crippen molar-refractivity contribution in [3.05, 3.63) is 34.9 Å². The molecular formula is C14H18ClNO2. The maximum absolute atomic E-state index is 12.4. The van der Waals surface area contributed by atoms with E-state index in [1.54, 1.807) is 36.1 Å². The summed E-state index contributed by atoms with van der Waals surface area (Å²) >= 11 is 5.91. The molecule has 1 aliphatic rings. The Morgan fingerprint density at radius 1 is 1.50 bits per heavy atom. The van der Waals surface area contributed by atoms with Crippen LogP contribution in [0.25, 0.3) is 0 Å². The van der Waals surface area contributed by atoms with Gasteiger partial charge in [0.05, 0.1) is 12.1 Å². The third-order valence-electron chi connectivity index (χ3n) is 3.44. The number of aliphatic hydroxyl groups is 1. The highest BCUT2D eigenvalue weighted by Crippen LogP contribution is 2.23. The van der Waals surface area contributed by atoms with Crippen molar-refractivity contribution in [1.82, 2.24) is 4.90 Å². The Kier molecular flexibility index (Phi) is 4.25. The molecule has 0 aliphatic carbocycles. The van der Waals surface area contributed by atoms with Gasteiger partial charge in [-0.3, -0.25) is 4.79 Å². The Hall–Kier alpha value is -1.06. The minimum absolute atomic E-state index is 0.0388. The Morgan fingerprint density at radius 2 is 2.28 bits per heavy atom. The number of carbonyl (C=O) groups is 1. The average Bonchev–Trinajstić information content (AvgIpc) is 2.38. The van der Waals surface area contributed by atoms with Crippen LogP contribution in [0.4, 0.5) is 0 Å². The smallest absolute Gasteiger partial charge is 0.254 e. The highest BCUT2D eigenvalue weighted by molar-refractivity contribution is 6.30. The van der Waals surface area contributed by atoms with Crippen LogP contribution < -0.4 is 0 Å². The van der Waals surface area contributed by atoms with Crippen molar-refractivity contribution in [2.45, 2.75) is 38.3 Å². The second-order valence-electron chi connectivity index (χ2n) is 4.81. The molecule has 98 valence electrons. The molecule has 4 heteroatoms. The monoisotopic (exact) mass is 267 g/mol. The lowest BCUT2D eigenvalue weighted by atomic mass is 9.97. The van der Waals surface area contributed by atoms with Gasteiger partial charge >= 0.3 is 0 Å². The fourth-order valence-electron chi connectivity index (χ4n) is 2.50. The summed E-state index contributed by atoms with van der Waals surface area (Å²) in [4.78, 5) is 14.2. The SMILES string of the molecule is CC(O)C1CCCCN1C(=O)c1cccc(Cl)c1. The van der Waals surface area contributed by atoms with Crippen molar-refractivity contribution in [3.63, 3.8) is 0 Å². The van der Waals surface area contributed by atoms with E-state index in [1.807, 2.05) is 0 Å². The van der Waals surface area contributed by atoms with Crippen LogP contribution in [0.15, 0.2) is 24.3 Å². The number of nitrogens with zero attached hydrogens (tertiary/aromatic N) is 1. The van der Waals surface area contributed by atoms with E-state index in [4.69, 9.17) is 11.6 Å². The molecule has 0 spiro atoms. The van der Waals surface area contributed by atoms with Crippen LogP contribution in [-0.2, 0) is 0 Å². The van der Waals surface area contributed by atoms with Gasteiger partial charge in [-0.05, 0) is 44.4 Å². The number of aliphatic hydroxyl groups excluding tert-OH is 1. The Balaban J connectivity index is 2.21. The first-order chi connectivity index (χ1) is 8.59. The molecule has 2 unspecified atom stereocenters. The molecule has 0 radical (unpaired) electrons. The molecule has 3 nitrogen and oxygen atoms in total. The van der Waals surface area contributed by atoms with Crippen LogP contribution in [0.2, 0.25) is 5.02 Å². The van der Waals surface area contributed by atoms with Crippen molar-refractivity contribution in [2.75, 3.05) is 6.54 Å². The van der Waals surface area contributed by atoms with Gasteiger partial charge in [-0.15, -0.1) is 0 Å². The zero-order valence-corrected chi connectivity index (χ0v) is 11.2. The van der Waals surface area contributed by atoms with Gasteiger partial charge in [0.25, 0.3) is 5.91 Å². The summed E-state index contributed by atoms with van der Waals surface area (Å²) in [5.74, 6) is -0.0388. The first kappa shape index (κ1) is 13.4. The van der Waals surface area contributed by atoms with E-state index in [0.29, 0.717) is 17.1 Å². The Bertz CT molecular complexity index is 434. The van der Waals surface area contributed by atoms with Crippen LogP contribution in [0.1, 0.15) is 36.5 Å². The number of amides is 1. The van der Waals surface area contributed by atoms with E-state index in [2.05, 4.69) is 0 Å². The number of benzene rings is 1. The molecule has 2 atom stereocenters. The molecule has 2 rings (SSSR count). The summed E-state index contributed by atoms with van der Waals surface area (Å²) < 4.78 is 0. The number of halogens is 1. The van der Waals surface area contributed by atoms with Crippen molar-refractivity contribution in [2.24, 2.45) is 0 Å². The highest BCUT2D eigenvalue weighted by atomic mass is 35.5. The molecule has 0 bridgehead atoms. The summed E-state index contributed by atoms with van der Waals surface area (Å²) in [6.07, 6.45) is 2.43. The molecule has 1 heterocycles. The second kappa shape index (κ2) is 5.72. The van der Waals surface area contributed by atoms with E-state index >= 15 is 0 Å². The molecule has 1 aromatic rings. The predicted octanol–water partition coefficient (Wildman–Crippen LogP) is 2.72. The van der Waals surface area contributed by atoms with Gasteiger partial charge in [0.2, 0.25) is 0 Å². The fourth-order valence-corrected chi connectivity index (χ4v) is 2.69. The largest absolute Gasteiger partial charge is 0.391 e. The minimum Gasteiger partial charge on any atom is -0.391 e. The average molecular weight is 268 g/mol. The summed E-state index contributed by atoms with van der Waals surface area (Å²) in [6.45, 7) is 2.45. The summed E-state index contributed by atoms with van der Waals surface area (Å²) in [5.41, 5.74) is 0.593. The zero-order valence-electron chi connectivity index (χ0n) is 10.5. The Morgan fingerprint density at radius 3 is 2.94 bits per heavy atom. The van der Waals surface area contributed by atoms with Gasteiger partial charge in [0.15, 0.2) is 0 Å². The van der Waals surface area contributed by atoms with Gasteiger partial charge in [-0.1, -0.05) is 17.7 Å².